The van der Waals surface area contributed by atoms with Crippen LogP contribution in [0.3, 0.4) is 0 Å². The van der Waals surface area contributed by atoms with E-state index in [-0.39, 0.29) is 0 Å². The minimum absolute atomic E-state index is 0.707. The monoisotopic (exact) mass is 331 g/mol. The van der Waals surface area contributed by atoms with Gasteiger partial charge in [-0.05, 0) is 41.9 Å². The van der Waals surface area contributed by atoms with Crippen molar-refractivity contribution in [3.8, 4) is 10.7 Å². The predicted octanol–water partition coefficient (Wildman–Crippen LogP) is 4.36. The van der Waals surface area contributed by atoms with Crippen LogP contribution in [0.15, 0.2) is 16.6 Å². The van der Waals surface area contributed by atoms with Crippen molar-refractivity contribution in [3.05, 3.63) is 26.6 Å². The Morgan fingerprint density at radius 2 is 2.18 bits per heavy atom. The molecule has 0 aliphatic heterocycles. The average molecular weight is 333 g/mol. The summed E-state index contributed by atoms with van der Waals surface area (Å²) >= 11 is 10.9. The molecule has 0 unspecified atom stereocenters. The number of anilines is 1. The van der Waals surface area contributed by atoms with Crippen molar-refractivity contribution in [2.24, 2.45) is 0 Å². The van der Waals surface area contributed by atoms with Crippen LogP contribution in [0.25, 0.3) is 10.7 Å². The Kier molecular flexibility index (Phi) is 4.01. The van der Waals surface area contributed by atoms with Crippen LogP contribution in [0.5, 0.6) is 0 Å². The second kappa shape index (κ2) is 5.33. The number of rotatable bonds is 3. The summed E-state index contributed by atoms with van der Waals surface area (Å²) in [6.45, 7) is 4.80. The van der Waals surface area contributed by atoms with E-state index in [0.29, 0.717) is 5.82 Å². The van der Waals surface area contributed by atoms with Crippen LogP contribution in [-0.4, -0.2) is 16.5 Å². The van der Waals surface area contributed by atoms with Gasteiger partial charge >= 0.3 is 0 Å². The first-order chi connectivity index (χ1) is 8.11. The lowest BCUT2D eigenvalue weighted by atomic mass is 10.3. The fourth-order valence-corrected chi connectivity index (χ4v) is 2.68. The molecule has 2 aromatic rings. The summed E-state index contributed by atoms with van der Waals surface area (Å²) in [5.41, 5.74) is 0.912. The van der Waals surface area contributed by atoms with Crippen molar-refractivity contribution in [2.75, 3.05) is 11.9 Å². The van der Waals surface area contributed by atoms with Crippen molar-refractivity contribution in [1.82, 2.24) is 9.97 Å². The van der Waals surface area contributed by atoms with Gasteiger partial charge in [-0.15, -0.1) is 11.3 Å². The van der Waals surface area contributed by atoms with Crippen LogP contribution in [0.4, 0.5) is 5.82 Å². The molecule has 0 spiro atoms. The van der Waals surface area contributed by atoms with Crippen LogP contribution < -0.4 is 5.32 Å². The van der Waals surface area contributed by atoms with Crippen molar-refractivity contribution in [1.29, 1.82) is 0 Å². The molecule has 2 aromatic heterocycles. The van der Waals surface area contributed by atoms with Gasteiger partial charge in [-0.25, -0.2) is 9.97 Å². The van der Waals surface area contributed by atoms with E-state index in [0.717, 1.165) is 31.7 Å². The Bertz CT molecular complexity index is 542. The van der Waals surface area contributed by atoms with E-state index in [1.165, 1.54) is 11.3 Å². The molecule has 0 aromatic carbocycles. The third-order valence-electron chi connectivity index (χ3n) is 2.15. The number of nitrogens with one attached hydrogen (secondary N) is 1. The third-order valence-corrected chi connectivity index (χ3v) is 4.33. The highest BCUT2D eigenvalue weighted by Gasteiger charge is 2.11. The van der Waals surface area contributed by atoms with Gasteiger partial charge in [-0.2, -0.15) is 0 Å². The molecule has 0 saturated heterocycles. The van der Waals surface area contributed by atoms with Crippen LogP contribution in [0.2, 0.25) is 4.34 Å². The zero-order chi connectivity index (χ0) is 12.4. The zero-order valence-electron chi connectivity index (χ0n) is 9.42. The minimum Gasteiger partial charge on any atom is -0.369 e. The number of nitrogens with zero attached hydrogens (tertiary/aromatic N) is 2. The van der Waals surface area contributed by atoms with E-state index in [4.69, 9.17) is 11.6 Å². The van der Waals surface area contributed by atoms with Crippen molar-refractivity contribution >= 4 is 44.7 Å². The number of hydrogen-bond acceptors (Lipinski definition) is 4. The SMILES string of the molecule is CCNc1nc(-c2ccc(Cl)s2)nc(C)c1Br. The van der Waals surface area contributed by atoms with Gasteiger partial charge in [0.2, 0.25) is 0 Å². The van der Waals surface area contributed by atoms with Crippen LogP contribution in [0, 0.1) is 6.92 Å². The van der Waals surface area contributed by atoms with Crippen molar-refractivity contribution < 1.29 is 0 Å². The molecule has 0 atom stereocenters. The van der Waals surface area contributed by atoms with Gasteiger partial charge in [0.05, 0.1) is 19.4 Å². The maximum atomic E-state index is 5.92. The first kappa shape index (κ1) is 12.8. The first-order valence-corrected chi connectivity index (χ1v) is 7.14. The molecule has 17 heavy (non-hydrogen) atoms. The molecule has 0 radical (unpaired) electrons. The first-order valence-electron chi connectivity index (χ1n) is 5.15. The maximum absolute atomic E-state index is 5.92. The Labute approximate surface area is 117 Å². The van der Waals surface area contributed by atoms with Gasteiger partial charge < -0.3 is 5.32 Å². The number of hydrogen-bond donors (Lipinski definition) is 1. The zero-order valence-corrected chi connectivity index (χ0v) is 12.6. The van der Waals surface area contributed by atoms with E-state index in [2.05, 4.69) is 31.2 Å². The van der Waals surface area contributed by atoms with Gasteiger partial charge in [0, 0.05) is 6.54 Å². The average Bonchev–Trinajstić information content (AvgIpc) is 2.71. The molecular formula is C11H11BrClN3S. The van der Waals surface area contributed by atoms with Gasteiger partial charge in [-0.3, -0.25) is 0 Å². The summed E-state index contributed by atoms with van der Waals surface area (Å²) in [7, 11) is 0. The molecule has 1 N–H and O–H groups in total. The lowest BCUT2D eigenvalue weighted by Gasteiger charge is -2.08. The topological polar surface area (TPSA) is 37.8 Å². The summed E-state index contributed by atoms with van der Waals surface area (Å²) in [5.74, 6) is 1.53. The number of halogens is 2. The largest absolute Gasteiger partial charge is 0.369 e. The van der Waals surface area contributed by atoms with E-state index >= 15 is 0 Å². The van der Waals surface area contributed by atoms with Gasteiger partial charge in [-0.1, -0.05) is 11.6 Å². The molecule has 0 saturated carbocycles. The van der Waals surface area contributed by atoms with E-state index in [1.807, 2.05) is 26.0 Å². The second-order valence-electron chi connectivity index (χ2n) is 3.43. The molecule has 0 amide bonds. The smallest absolute Gasteiger partial charge is 0.171 e. The lowest BCUT2D eigenvalue weighted by molar-refractivity contribution is 1.07. The highest BCUT2D eigenvalue weighted by atomic mass is 79.9. The molecule has 0 aliphatic rings. The molecule has 0 bridgehead atoms. The number of aryl methyl sites for hydroxylation is 1. The Balaban J connectivity index is 2.48. The highest BCUT2D eigenvalue weighted by Crippen LogP contribution is 2.32. The van der Waals surface area contributed by atoms with E-state index in [1.54, 1.807) is 0 Å². The van der Waals surface area contributed by atoms with E-state index in [9.17, 15) is 0 Å². The van der Waals surface area contributed by atoms with Crippen LogP contribution in [-0.2, 0) is 0 Å². The second-order valence-corrected chi connectivity index (χ2v) is 5.94. The normalized spacial score (nSPS) is 10.6. The van der Waals surface area contributed by atoms with Crippen LogP contribution in [0.1, 0.15) is 12.6 Å². The van der Waals surface area contributed by atoms with Gasteiger partial charge in [0.25, 0.3) is 0 Å². The minimum atomic E-state index is 0.707. The highest BCUT2D eigenvalue weighted by molar-refractivity contribution is 9.10. The molecule has 0 fully saturated rings. The van der Waals surface area contributed by atoms with Gasteiger partial charge in [0.15, 0.2) is 5.82 Å². The quantitative estimate of drug-likeness (QED) is 0.907. The molecule has 90 valence electrons. The molecule has 0 aliphatic carbocycles. The van der Waals surface area contributed by atoms with E-state index < -0.39 is 0 Å². The predicted molar refractivity (Wildman–Crippen MR) is 77.0 cm³/mol. The summed E-state index contributed by atoms with van der Waals surface area (Å²) < 4.78 is 1.65. The fraction of sp³-hybridized carbons (Fsp3) is 0.273. The maximum Gasteiger partial charge on any atom is 0.171 e. The van der Waals surface area contributed by atoms with Crippen molar-refractivity contribution in [3.63, 3.8) is 0 Å². The Morgan fingerprint density at radius 3 is 2.76 bits per heavy atom. The Hall–Kier alpha value is -0.650. The summed E-state index contributed by atoms with van der Waals surface area (Å²) in [5, 5.41) is 3.21. The summed E-state index contributed by atoms with van der Waals surface area (Å²) in [6, 6.07) is 3.79. The molecule has 2 rings (SSSR count). The molecular weight excluding hydrogens is 322 g/mol. The molecule has 3 nitrogen and oxygen atoms in total. The van der Waals surface area contributed by atoms with Crippen LogP contribution >= 0.6 is 38.9 Å². The Morgan fingerprint density at radius 1 is 1.41 bits per heavy atom. The molecule has 2 heterocycles. The fourth-order valence-electron chi connectivity index (χ4n) is 1.39. The standard InChI is InChI=1S/C11H11BrClN3S/c1-3-14-11-9(12)6(2)15-10(16-11)7-4-5-8(13)17-7/h4-5H,3H2,1-2H3,(H,14,15,16). The number of aromatic nitrogens is 2. The lowest BCUT2D eigenvalue weighted by Crippen LogP contribution is -2.04. The van der Waals surface area contributed by atoms with Gasteiger partial charge in [0.1, 0.15) is 5.82 Å². The molecule has 6 heteroatoms. The number of thiophene rings is 1. The summed E-state index contributed by atoms with van der Waals surface area (Å²) in [4.78, 5) is 9.92. The summed E-state index contributed by atoms with van der Waals surface area (Å²) in [6.07, 6.45) is 0. The third kappa shape index (κ3) is 2.78. The van der Waals surface area contributed by atoms with Crippen molar-refractivity contribution in [2.45, 2.75) is 13.8 Å².